The molecule has 40 heavy (non-hydrogen) atoms. The van der Waals surface area contributed by atoms with E-state index in [1.807, 2.05) is 24.4 Å². The highest BCUT2D eigenvalue weighted by Crippen LogP contribution is 2.20. The number of nitrogens with zero attached hydrogens (tertiary/aromatic N) is 4. The topological polar surface area (TPSA) is 79.0 Å². The number of carbonyl (C=O) groups is 1. The molecular formula is C31H30F2N4O3. The molecule has 1 aliphatic heterocycles. The Morgan fingerprint density at radius 3 is 2.70 bits per heavy atom. The molecule has 1 saturated heterocycles. The molecule has 0 N–H and O–H groups in total. The Bertz CT molecular complexity index is 1690. The number of carbonyl (C=O) groups excluding carboxylic acids is 1. The van der Waals surface area contributed by atoms with Crippen LogP contribution in [-0.4, -0.2) is 38.3 Å². The van der Waals surface area contributed by atoms with Crippen LogP contribution < -0.4 is 5.56 Å². The maximum Gasteiger partial charge on any atom is 0.278 e. The van der Waals surface area contributed by atoms with Crippen molar-refractivity contribution >= 4 is 16.7 Å². The van der Waals surface area contributed by atoms with E-state index in [9.17, 15) is 18.4 Å². The fourth-order valence-electron chi connectivity index (χ4n) is 4.99. The van der Waals surface area contributed by atoms with Crippen molar-refractivity contribution in [3.8, 4) is 11.8 Å². The van der Waals surface area contributed by atoms with E-state index in [4.69, 9.17) is 9.72 Å². The van der Waals surface area contributed by atoms with E-state index in [2.05, 4.69) is 16.8 Å². The average molecular weight is 545 g/mol. The largest absolute Gasteiger partial charge is 0.381 e. The minimum Gasteiger partial charge on any atom is -0.381 e. The Kier molecular flexibility index (Phi) is 8.17. The van der Waals surface area contributed by atoms with Crippen LogP contribution in [0.25, 0.3) is 10.9 Å². The Morgan fingerprint density at radius 1 is 1.12 bits per heavy atom. The van der Waals surface area contributed by atoms with Gasteiger partial charge in [-0.2, -0.15) is 0 Å². The number of hydrogen-bond donors (Lipinski definition) is 0. The van der Waals surface area contributed by atoms with Gasteiger partial charge in [0.05, 0.1) is 12.1 Å². The Morgan fingerprint density at radius 2 is 1.93 bits per heavy atom. The minimum absolute atomic E-state index is 0.0170. The highest BCUT2D eigenvalue weighted by Gasteiger charge is 2.21. The molecule has 0 saturated carbocycles. The summed E-state index contributed by atoms with van der Waals surface area (Å²) in [6, 6.07) is 9.25. The Labute approximate surface area is 230 Å². The number of rotatable bonds is 7. The van der Waals surface area contributed by atoms with Gasteiger partial charge in [-0.3, -0.25) is 14.3 Å². The lowest BCUT2D eigenvalue weighted by Crippen LogP contribution is -2.25. The van der Waals surface area contributed by atoms with Crippen molar-refractivity contribution in [2.24, 2.45) is 13.0 Å². The highest BCUT2D eigenvalue weighted by molar-refractivity contribution is 5.97. The summed E-state index contributed by atoms with van der Waals surface area (Å²) < 4.78 is 35.2. The summed E-state index contributed by atoms with van der Waals surface area (Å²) in [6.07, 6.45) is 5.13. The van der Waals surface area contributed by atoms with E-state index in [-0.39, 0.29) is 30.7 Å². The summed E-state index contributed by atoms with van der Waals surface area (Å²) >= 11 is 0. The van der Waals surface area contributed by atoms with E-state index in [0.717, 1.165) is 66.9 Å². The van der Waals surface area contributed by atoms with Crippen molar-refractivity contribution in [2.75, 3.05) is 13.2 Å². The van der Waals surface area contributed by atoms with Crippen molar-refractivity contribution in [1.29, 1.82) is 0 Å². The molecule has 0 aliphatic carbocycles. The van der Waals surface area contributed by atoms with Crippen LogP contribution >= 0.6 is 0 Å². The van der Waals surface area contributed by atoms with Crippen LogP contribution in [0.2, 0.25) is 0 Å². The van der Waals surface area contributed by atoms with Gasteiger partial charge in [-0.25, -0.2) is 23.4 Å². The second kappa shape index (κ2) is 11.9. The van der Waals surface area contributed by atoms with Crippen LogP contribution in [0.1, 0.15) is 58.7 Å². The van der Waals surface area contributed by atoms with Crippen LogP contribution in [0.5, 0.6) is 0 Å². The molecule has 0 atom stereocenters. The summed E-state index contributed by atoms with van der Waals surface area (Å²) in [7, 11) is 1.66. The van der Waals surface area contributed by atoms with E-state index < -0.39 is 17.2 Å². The van der Waals surface area contributed by atoms with Crippen molar-refractivity contribution in [3.05, 3.63) is 92.8 Å². The third-order valence-corrected chi connectivity index (χ3v) is 7.40. The average Bonchev–Trinajstić information content (AvgIpc) is 3.16. The van der Waals surface area contributed by atoms with Crippen LogP contribution in [-0.2, 0) is 24.8 Å². The number of ether oxygens (including phenoxy) is 1. The van der Waals surface area contributed by atoms with Crippen molar-refractivity contribution < 1.29 is 18.3 Å². The maximum absolute atomic E-state index is 13.6. The van der Waals surface area contributed by atoms with Gasteiger partial charge in [0, 0.05) is 62.4 Å². The molecule has 206 valence electrons. The molecule has 0 bridgehead atoms. The molecule has 9 heteroatoms. The third-order valence-electron chi connectivity index (χ3n) is 7.40. The van der Waals surface area contributed by atoms with Gasteiger partial charge in [-0.05, 0) is 61.6 Å². The molecule has 0 amide bonds. The SMILES string of the molecule is Cc1c(C(=O)CCC#Cc2ccc3nc(CC4CCOCC4)ncc3c2)c(=O)n(Cc2ccc(F)c(F)c2)n1C. The second-order valence-corrected chi connectivity index (χ2v) is 10.1. The second-order valence-electron chi connectivity index (χ2n) is 10.1. The first-order chi connectivity index (χ1) is 19.3. The summed E-state index contributed by atoms with van der Waals surface area (Å²) in [5.74, 6) is 5.27. The third kappa shape index (κ3) is 6.02. The summed E-state index contributed by atoms with van der Waals surface area (Å²) in [5.41, 5.74) is 2.22. The Hall–Kier alpha value is -4.16. The fourth-order valence-corrected chi connectivity index (χ4v) is 4.99. The first-order valence-corrected chi connectivity index (χ1v) is 13.4. The Balaban J connectivity index is 1.23. The molecule has 0 spiro atoms. The lowest BCUT2D eigenvalue weighted by Gasteiger charge is -2.21. The zero-order chi connectivity index (χ0) is 28.2. The monoisotopic (exact) mass is 544 g/mol. The quantitative estimate of drug-likeness (QED) is 0.248. The van der Waals surface area contributed by atoms with Gasteiger partial charge in [0.15, 0.2) is 17.4 Å². The molecule has 0 radical (unpaired) electrons. The molecule has 2 aromatic carbocycles. The number of Topliss-reactive ketones (excluding diaryl/α,β-unsaturated/α-hetero) is 1. The van der Waals surface area contributed by atoms with Crippen LogP contribution in [0, 0.1) is 36.3 Å². The number of halogens is 2. The predicted molar refractivity (Wildman–Crippen MR) is 147 cm³/mol. The van der Waals surface area contributed by atoms with Gasteiger partial charge in [0.1, 0.15) is 11.4 Å². The molecule has 2 aromatic heterocycles. The fraction of sp³-hybridized carbons (Fsp3) is 0.355. The van der Waals surface area contributed by atoms with E-state index >= 15 is 0 Å². The number of benzene rings is 2. The summed E-state index contributed by atoms with van der Waals surface area (Å²) in [5, 5.41) is 0.903. The molecule has 0 unspecified atom stereocenters. The lowest BCUT2D eigenvalue weighted by molar-refractivity contribution is 0.0660. The summed E-state index contributed by atoms with van der Waals surface area (Å²) in [4.78, 5) is 35.2. The van der Waals surface area contributed by atoms with Gasteiger partial charge in [-0.1, -0.05) is 17.9 Å². The predicted octanol–water partition coefficient (Wildman–Crippen LogP) is 4.75. The maximum atomic E-state index is 13.6. The molecule has 4 aromatic rings. The minimum atomic E-state index is -0.986. The van der Waals surface area contributed by atoms with Crippen molar-refractivity contribution in [2.45, 2.75) is 45.6 Å². The summed E-state index contributed by atoms with van der Waals surface area (Å²) in [6.45, 7) is 3.31. The number of hydrogen-bond acceptors (Lipinski definition) is 5. The van der Waals surface area contributed by atoms with E-state index in [0.29, 0.717) is 17.2 Å². The number of ketones is 1. The lowest BCUT2D eigenvalue weighted by atomic mass is 9.96. The molecule has 7 nitrogen and oxygen atoms in total. The smallest absolute Gasteiger partial charge is 0.278 e. The van der Waals surface area contributed by atoms with Crippen molar-refractivity contribution in [1.82, 2.24) is 19.3 Å². The van der Waals surface area contributed by atoms with Gasteiger partial charge in [0.2, 0.25) is 0 Å². The molecular weight excluding hydrogens is 514 g/mol. The van der Waals surface area contributed by atoms with Crippen LogP contribution in [0.15, 0.2) is 47.4 Å². The van der Waals surface area contributed by atoms with Crippen LogP contribution in [0.3, 0.4) is 0 Å². The molecule has 5 rings (SSSR count). The van der Waals surface area contributed by atoms with Crippen molar-refractivity contribution in [3.63, 3.8) is 0 Å². The highest BCUT2D eigenvalue weighted by atomic mass is 19.2. The van der Waals surface area contributed by atoms with Gasteiger partial charge < -0.3 is 4.74 Å². The van der Waals surface area contributed by atoms with Gasteiger partial charge in [0.25, 0.3) is 5.56 Å². The normalized spacial score (nSPS) is 13.8. The van der Waals surface area contributed by atoms with E-state index in [1.54, 1.807) is 18.7 Å². The molecule has 1 aliphatic rings. The number of fused-ring (bicyclic) bond motifs is 1. The molecule has 3 heterocycles. The molecule has 1 fully saturated rings. The van der Waals surface area contributed by atoms with E-state index in [1.165, 1.54) is 10.7 Å². The van der Waals surface area contributed by atoms with Crippen LogP contribution in [0.4, 0.5) is 8.78 Å². The number of aromatic nitrogens is 4. The first-order valence-electron chi connectivity index (χ1n) is 13.4. The zero-order valence-corrected chi connectivity index (χ0v) is 22.5. The first kappa shape index (κ1) is 27.4. The van der Waals surface area contributed by atoms with Gasteiger partial charge >= 0.3 is 0 Å². The van der Waals surface area contributed by atoms with Gasteiger partial charge in [-0.15, -0.1) is 0 Å². The zero-order valence-electron chi connectivity index (χ0n) is 22.5. The standard InChI is InChI=1S/C31H30F2N4O3/c1-20-30(31(39)37(36(20)2)19-23-7-9-25(32)26(33)16-23)28(38)6-4-3-5-21-8-10-27-24(15-21)18-34-29(35-27)17-22-11-13-40-14-12-22/h7-10,15-16,18,22H,4,6,11-14,17,19H2,1-2H3.